The molecule has 2 heterocycles. The molecule has 1 aliphatic rings. The summed E-state index contributed by atoms with van der Waals surface area (Å²) in [6, 6.07) is 1.36. The van der Waals surface area contributed by atoms with Crippen molar-refractivity contribution in [2.75, 3.05) is 45.3 Å². The highest BCUT2D eigenvalue weighted by atomic mass is 31.2. The summed E-state index contributed by atoms with van der Waals surface area (Å²) in [7, 11) is -6.77. The number of rotatable bonds is 17. The van der Waals surface area contributed by atoms with Gasteiger partial charge in [-0.2, -0.15) is 4.98 Å². The van der Waals surface area contributed by atoms with E-state index in [1.807, 2.05) is 6.92 Å². The average molecular weight is 658 g/mol. The number of nitrogens with one attached hydrogen (secondary N) is 1. The minimum Gasteiger partial charge on any atom is -0.396 e. The Hall–Kier alpha value is -2.17. The maximum Gasteiger partial charge on any atom is 0.351 e. The van der Waals surface area contributed by atoms with Gasteiger partial charge in [0.05, 0.1) is 13.2 Å². The van der Waals surface area contributed by atoms with E-state index in [2.05, 4.69) is 17.2 Å². The highest BCUT2D eigenvalue weighted by molar-refractivity contribution is 7.70. The van der Waals surface area contributed by atoms with Gasteiger partial charge in [-0.1, -0.05) is 20.3 Å². The van der Waals surface area contributed by atoms with Crippen LogP contribution in [0, 0.1) is 11.8 Å². The Morgan fingerprint density at radius 2 is 1.81 bits per heavy atom. The number of anilines is 1. The third-order valence-electron chi connectivity index (χ3n) is 6.13. The number of methoxy groups -OCH3 is 2. The summed E-state index contributed by atoms with van der Waals surface area (Å²) >= 11 is 0. The van der Waals surface area contributed by atoms with Crippen LogP contribution < -0.4 is 11.0 Å². The number of carbonyl (C=O) groups excluding carboxylic acids is 3. The fraction of sp³-hybridized carbons (Fsp3) is 0.708. The highest BCUT2D eigenvalue weighted by Gasteiger charge is 2.48. The Bertz CT molecular complexity index is 1190. The molecule has 0 radical (unpaired) electrons. The normalized spacial score (nSPS) is 24.0. The first-order chi connectivity index (χ1) is 20.2. The zero-order valence-corrected chi connectivity index (χ0v) is 26.4. The van der Waals surface area contributed by atoms with Gasteiger partial charge in [-0.25, -0.2) is 4.79 Å². The molecule has 1 aromatic heterocycles. The van der Waals surface area contributed by atoms with Crippen LogP contribution in [-0.4, -0.2) is 101 Å². The van der Waals surface area contributed by atoms with Crippen molar-refractivity contribution >= 4 is 39.5 Å². The number of hydrogen-bond acceptors (Lipinski definition) is 13. The van der Waals surface area contributed by atoms with E-state index < -0.39 is 76.4 Å². The minimum atomic E-state index is -4.73. The van der Waals surface area contributed by atoms with Crippen LogP contribution in [0.5, 0.6) is 0 Å². The topological polar surface area (TPSA) is 239 Å². The lowest BCUT2D eigenvalue weighted by atomic mass is 10.1. The number of aldehydes is 2. The molecule has 0 saturated carbocycles. The van der Waals surface area contributed by atoms with Gasteiger partial charge in [0, 0.05) is 46.3 Å². The van der Waals surface area contributed by atoms with Crippen molar-refractivity contribution in [3.63, 3.8) is 0 Å². The number of aromatic nitrogens is 2. The number of carbonyl (C=O) groups is 3. The van der Waals surface area contributed by atoms with Gasteiger partial charge < -0.3 is 53.1 Å². The molecule has 0 bridgehead atoms. The monoisotopic (exact) mass is 657 g/mol. The molecule has 1 fully saturated rings. The zero-order valence-electron chi connectivity index (χ0n) is 24.6. The summed E-state index contributed by atoms with van der Waals surface area (Å²) in [6.45, 7) is 4.47. The first-order valence-corrected chi connectivity index (χ1v) is 16.7. The van der Waals surface area contributed by atoms with E-state index in [1.54, 1.807) is 0 Å². The Morgan fingerprint density at radius 3 is 2.28 bits per heavy atom. The molecule has 1 amide bonds. The summed E-state index contributed by atoms with van der Waals surface area (Å²) in [5, 5.41) is 10.7. The molecule has 0 aromatic carbocycles. The lowest BCUT2D eigenvalue weighted by Crippen LogP contribution is -2.38. The molecule has 1 saturated heterocycles. The zero-order chi connectivity index (χ0) is 32.8. The molecular weight excluding hydrogens is 616 g/mol. The Kier molecular flexibility index (Phi) is 16.8. The molecule has 17 nitrogen and oxygen atoms in total. The maximum absolute atomic E-state index is 12.5. The third kappa shape index (κ3) is 13.2. The number of nitrogens with zero attached hydrogens (tertiary/aromatic N) is 2. The van der Waals surface area contributed by atoms with Gasteiger partial charge in [0.1, 0.15) is 36.7 Å². The van der Waals surface area contributed by atoms with Crippen LogP contribution in [0.1, 0.15) is 39.8 Å². The lowest BCUT2D eigenvalue weighted by Gasteiger charge is -2.23. The molecule has 19 heteroatoms. The standard InChI is InChI=1S/C19H29N3O13P2.C5H12O/c1-12(25)20-15-4-6-22(19(26)21-15)18-17(32-3)16(31-2)14(35-18)10-34-37(29,30)11-36(27,28)33-9-13(8-24)5-7-23;1-3-5(2)4-6/h4,6-8,13-14,16-18H,5,9-11H2,1-3H3,(H,27,28)(H,29,30)(H,20,21,25,26);5-6H,3-4H2,1-2H3/t13?,14-,16+,17?,18-;/m1./s1. The van der Waals surface area contributed by atoms with Crippen molar-refractivity contribution in [2.24, 2.45) is 11.8 Å². The van der Waals surface area contributed by atoms with Crippen molar-refractivity contribution in [3.8, 4) is 0 Å². The minimum absolute atomic E-state index is 0.0198. The molecular formula is C24H41N3O14P2. The van der Waals surface area contributed by atoms with Gasteiger partial charge in [-0.3, -0.25) is 18.5 Å². The van der Waals surface area contributed by atoms with Gasteiger partial charge in [-0.05, 0) is 12.0 Å². The van der Waals surface area contributed by atoms with Crippen LogP contribution in [0.2, 0.25) is 0 Å². The molecule has 43 heavy (non-hydrogen) atoms. The lowest BCUT2D eigenvalue weighted by molar-refractivity contribution is -0.116. The SMILES string of the molecule is CCC(C)CO.COC1[C@@H](OC)[C@@H](COP(=O)(O)CP(=O)(O)OCC(C=O)CC=O)O[C@H]1n1ccc(NC(C)=O)nc1=O. The molecule has 1 aromatic rings. The first kappa shape index (κ1) is 38.9. The van der Waals surface area contributed by atoms with Crippen molar-refractivity contribution in [3.05, 3.63) is 22.7 Å². The number of hydrogen-bond donors (Lipinski definition) is 4. The van der Waals surface area contributed by atoms with Crippen LogP contribution in [-0.2, 0) is 46.8 Å². The second-order valence-corrected chi connectivity index (χ2v) is 13.8. The second kappa shape index (κ2) is 18.6. The van der Waals surface area contributed by atoms with Crippen LogP contribution in [0.4, 0.5) is 5.82 Å². The third-order valence-corrected chi connectivity index (χ3v) is 10.1. The van der Waals surface area contributed by atoms with Gasteiger partial charge in [-0.15, -0.1) is 0 Å². The summed E-state index contributed by atoms with van der Waals surface area (Å²) in [5.41, 5.74) is -0.788. The van der Waals surface area contributed by atoms with Crippen molar-refractivity contribution in [2.45, 2.75) is 58.2 Å². The molecule has 0 aliphatic carbocycles. The summed E-state index contributed by atoms with van der Waals surface area (Å²) in [6.07, 6.45) is -1.02. The molecule has 2 rings (SSSR count). The molecule has 246 valence electrons. The van der Waals surface area contributed by atoms with E-state index in [0.29, 0.717) is 25.1 Å². The highest BCUT2D eigenvalue weighted by Crippen LogP contribution is 2.58. The maximum atomic E-state index is 12.5. The van der Waals surface area contributed by atoms with Crippen LogP contribution in [0.25, 0.3) is 0 Å². The predicted octanol–water partition coefficient (Wildman–Crippen LogP) is 0.920. The number of aliphatic hydroxyl groups is 1. The fourth-order valence-corrected chi connectivity index (χ4v) is 6.85. The molecule has 4 N–H and O–H groups in total. The van der Waals surface area contributed by atoms with E-state index in [-0.39, 0.29) is 12.2 Å². The molecule has 0 spiro atoms. The summed E-state index contributed by atoms with van der Waals surface area (Å²) in [4.78, 5) is 68.8. The Morgan fingerprint density at radius 1 is 1.19 bits per heavy atom. The first-order valence-electron chi connectivity index (χ1n) is 13.2. The summed E-state index contributed by atoms with van der Waals surface area (Å²) in [5.74, 6) is -2.19. The number of ether oxygens (including phenoxy) is 3. The summed E-state index contributed by atoms with van der Waals surface area (Å²) < 4.78 is 52.0. The van der Waals surface area contributed by atoms with Gasteiger partial charge in [0.25, 0.3) is 0 Å². The van der Waals surface area contributed by atoms with Crippen LogP contribution in [0.15, 0.2) is 17.1 Å². The largest absolute Gasteiger partial charge is 0.396 e. The van der Waals surface area contributed by atoms with E-state index in [1.165, 1.54) is 33.4 Å². The number of amides is 1. The Labute approximate surface area is 248 Å². The van der Waals surface area contributed by atoms with Gasteiger partial charge in [0.2, 0.25) is 5.91 Å². The van der Waals surface area contributed by atoms with Crippen molar-refractivity contribution in [1.29, 1.82) is 0 Å². The predicted molar refractivity (Wildman–Crippen MR) is 152 cm³/mol. The quantitative estimate of drug-likeness (QED) is 0.135. The fourth-order valence-electron chi connectivity index (χ4n) is 3.58. The average Bonchev–Trinajstić information content (AvgIpc) is 3.30. The van der Waals surface area contributed by atoms with Crippen molar-refractivity contribution < 1.29 is 61.7 Å². The van der Waals surface area contributed by atoms with E-state index in [9.17, 15) is 38.1 Å². The van der Waals surface area contributed by atoms with E-state index in [0.717, 1.165) is 11.0 Å². The van der Waals surface area contributed by atoms with E-state index in [4.69, 9.17) is 28.4 Å². The molecule has 8 atom stereocenters. The van der Waals surface area contributed by atoms with Crippen molar-refractivity contribution in [1.82, 2.24) is 9.55 Å². The van der Waals surface area contributed by atoms with Gasteiger partial charge in [0.15, 0.2) is 12.1 Å². The smallest absolute Gasteiger partial charge is 0.351 e. The number of aliphatic hydroxyl groups excluding tert-OH is 1. The molecule has 5 unspecified atom stereocenters. The van der Waals surface area contributed by atoms with E-state index >= 15 is 0 Å². The van der Waals surface area contributed by atoms with Crippen LogP contribution in [0.3, 0.4) is 0 Å². The van der Waals surface area contributed by atoms with Gasteiger partial charge >= 0.3 is 20.9 Å². The van der Waals surface area contributed by atoms with Crippen LogP contribution >= 0.6 is 15.2 Å². The Balaban J connectivity index is 0.00000139. The molecule has 1 aliphatic heterocycles. The second-order valence-electron chi connectivity index (χ2n) is 9.65.